The van der Waals surface area contributed by atoms with Crippen LogP contribution in [0.3, 0.4) is 0 Å². The van der Waals surface area contributed by atoms with Crippen LogP contribution in [-0.4, -0.2) is 15.2 Å². The highest BCUT2D eigenvalue weighted by Gasteiger charge is 2.07. The van der Waals surface area contributed by atoms with Crippen LogP contribution in [0.5, 0.6) is 0 Å². The topological polar surface area (TPSA) is 71.8 Å². The Morgan fingerprint density at radius 2 is 2.36 bits per heavy atom. The summed E-state index contributed by atoms with van der Waals surface area (Å²) in [5.41, 5.74) is 1.53. The molecule has 0 aliphatic rings. The van der Waals surface area contributed by atoms with E-state index in [4.69, 9.17) is 4.42 Å². The van der Waals surface area contributed by atoms with Crippen LogP contribution in [0.2, 0.25) is 0 Å². The van der Waals surface area contributed by atoms with E-state index in [9.17, 15) is 4.79 Å². The van der Waals surface area contributed by atoms with Crippen molar-refractivity contribution in [2.24, 2.45) is 0 Å². The smallest absolute Gasteiger partial charge is 0.386 e. The lowest BCUT2D eigenvalue weighted by molar-refractivity contribution is 0.525. The van der Waals surface area contributed by atoms with Crippen LogP contribution in [0.25, 0.3) is 11.6 Å². The van der Waals surface area contributed by atoms with Gasteiger partial charge in [0.05, 0.1) is 0 Å². The number of hydrogen-bond acceptors (Lipinski definition) is 4. The van der Waals surface area contributed by atoms with E-state index in [1.807, 2.05) is 6.92 Å². The van der Waals surface area contributed by atoms with Gasteiger partial charge >= 0.3 is 5.76 Å². The number of hydrogen-bond donors (Lipinski definition) is 1. The van der Waals surface area contributed by atoms with Gasteiger partial charge in [0.25, 0.3) is 5.89 Å². The third-order valence-electron chi connectivity index (χ3n) is 1.70. The number of aromatic nitrogens is 3. The molecule has 72 valence electrons. The van der Waals surface area contributed by atoms with E-state index >= 15 is 0 Å². The third kappa shape index (κ3) is 1.60. The molecule has 0 radical (unpaired) electrons. The predicted molar refractivity (Wildman–Crippen MR) is 52.8 cm³/mol. The molecule has 6 heteroatoms. The Bertz CT molecular complexity index is 517. The molecule has 0 atom stereocenters. The fourth-order valence-corrected chi connectivity index (χ4v) is 1.21. The maximum Gasteiger partial charge on any atom is 0.434 e. The molecule has 1 N–H and O–H groups in total. The quantitative estimate of drug-likeness (QED) is 0.839. The van der Waals surface area contributed by atoms with Crippen molar-refractivity contribution < 1.29 is 4.42 Å². The average Bonchev–Trinajstić information content (AvgIpc) is 2.57. The Morgan fingerprint density at radius 1 is 1.57 bits per heavy atom. The van der Waals surface area contributed by atoms with Crippen molar-refractivity contribution in [3.8, 4) is 11.6 Å². The normalized spacial score (nSPS) is 10.4. The highest BCUT2D eigenvalue weighted by Crippen LogP contribution is 2.19. The maximum absolute atomic E-state index is 10.7. The van der Waals surface area contributed by atoms with E-state index in [1.165, 1.54) is 0 Å². The summed E-state index contributed by atoms with van der Waals surface area (Å²) in [6.45, 7) is 1.92. The van der Waals surface area contributed by atoms with Crippen molar-refractivity contribution >= 4 is 15.9 Å². The first kappa shape index (κ1) is 9.14. The van der Waals surface area contributed by atoms with Gasteiger partial charge in [0.1, 0.15) is 5.69 Å². The molecule has 0 fully saturated rings. The van der Waals surface area contributed by atoms with E-state index in [0.717, 1.165) is 10.0 Å². The summed E-state index contributed by atoms with van der Waals surface area (Å²) in [7, 11) is 0. The fourth-order valence-electron chi connectivity index (χ4n) is 0.996. The molecular formula is C8H6BrN3O2. The average molecular weight is 256 g/mol. The molecule has 2 aromatic heterocycles. The molecule has 2 heterocycles. The first-order valence-electron chi connectivity index (χ1n) is 3.85. The molecule has 0 aromatic carbocycles. The van der Waals surface area contributed by atoms with E-state index < -0.39 is 5.76 Å². The van der Waals surface area contributed by atoms with Crippen LogP contribution >= 0.6 is 15.9 Å². The van der Waals surface area contributed by atoms with Crippen molar-refractivity contribution in [3.63, 3.8) is 0 Å². The molecule has 0 bridgehead atoms. The van der Waals surface area contributed by atoms with Crippen molar-refractivity contribution in [3.05, 3.63) is 32.8 Å². The standard InChI is InChI=1S/C8H6BrN3O2/c1-4-2-6(10-3-5(4)9)7-11-12-8(13)14-7/h2-3H,1H3,(H,12,13). The van der Waals surface area contributed by atoms with Gasteiger partial charge in [-0.15, -0.1) is 5.10 Å². The van der Waals surface area contributed by atoms with Crippen LogP contribution in [-0.2, 0) is 0 Å². The summed E-state index contributed by atoms with van der Waals surface area (Å²) in [5.74, 6) is -0.382. The first-order chi connectivity index (χ1) is 6.66. The maximum atomic E-state index is 10.7. The Balaban J connectivity index is 2.52. The van der Waals surface area contributed by atoms with Gasteiger partial charge < -0.3 is 4.42 Å². The summed E-state index contributed by atoms with van der Waals surface area (Å²) in [6, 6.07) is 1.78. The highest BCUT2D eigenvalue weighted by molar-refractivity contribution is 9.10. The molecule has 0 saturated carbocycles. The molecule has 2 rings (SSSR count). The Labute approximate surface area is 87.3 Å². The molecule has 0 spiro atoms. The van der Waals surface area contributed by atoms with Crippen molar-refractivity contribution in [2.75, 3.05) is 0 Å². The minimum atomic E-state index is -0.581. The van der Waals surface area contributed by atoms with Crippen LogP contribution in [0.15, 0.2) is 25.9 Å². The predicted octanol–water partition coefficient (Wildman–Crippen LogP) is 1.50. The highest BCUT2D eigenvalue weighted by atomic mass is 79.9. The lowest BCUT2D eigenvalue weighted by Crippen LogP contribution is -1.93. The number of H-pyrrole nitrogens is 1. The second kappa shape index (κ2) is 3.38. The SMILES string of the molecule is Cc1cc(-c2n[nH]c(=O)o2)ncc1Br. The zero-order valence-electron chi connectivity index (χ0n) is 7.24. The summed E-state index contributed by atoms with van der Waals surface area (Å²) < 4.78 is 5.67. The second-order valence-corrected chi connectivity index (χ2v) is 3.59. The summed E-state index contributed by atoms with van der Waals surface area (Å²) in [4.78, 5) is 14.8. The van der Waals surface area contributed by atoms with E-state index in [0.29, 0.717) is 5.69 Å². The Morgan fingerprint density at radius 3 is 2.93 bits per heavy atom. The van der Waals surface area contributed by atoms with Gasteiger partial charge in [-0.2, -0.15) is 0 Å². The van der Waals surface area contributed by atoms with Crippen LogP contribution in [0.1, 0.15) is 5.56 Å². The van der Waals surface area contributed by atoms with Gasteiger partial charge in [0, 0.05) is 10.7 Å². The summed E-state index contributed by atoms with van der Waals surface area (Å²) in [6.07, 6.45) is 1.64. The first-order valence-corrected chi connectivity index (χ1v) is 4.64. The van der Waals surface area contributed by atoms with Gasteiger partial charge in [0.15, 0.2) is 0 Å². The van der Waals surface area contributed by atoms with E-state index in [1.54, 1.807) is 12.3 Å². The number of rotatable bonds is 1. The number of aryl methyl sites for hydroxylation is 1. The van der Waals surface area contributed by atoms with Crippen LogP contribution in [0.4, 0.5) is 0 Å². The minimum Gasteiger partial charge on any atom is -0.386 e. The van der Waals surface area contributed by atoms with Gasteiger partial charge in [0.2, 0.25) is 0 Å². The van der Waals surface area contributed by atoms with E-state index in [2.05, 4.69) is 31.1 Å². The monoisotopic (exact) mass is 255 g/mol. The number of pyridine rings is 1. The lowest BCUT2D eigenvalue weighted by Gasteiger charge is -1.98. The Kier molecular flexibility index (Phi) is 2.20. The van der Waals surface area contributed by atoms with Crippen molar-refractivity contribution in [1.29, 1.82) is 0 Å². The number of nitrogens with one attached hydrogen (secondary N) is 1. The molecule has 14 heavy (non-hydrogen) atoms. The van der Waals surface area contributed by atoms with Crippen LogP contribution in [0, 0.1) is 6.92 Å². The largest absolute Gasteiger partial charge is 0.434 e. The fraction of sp³-hybridized carbons (Fsp3) is 0.125. The molecule has 0 aliphatic heterocycles. The summed E-state index contributed by atoms with van der Waals surface area (Å²) in [5, 5.41) is 5.85. The lowest BCUT2D eigenvalue weighted by atomic mass is 10.2. The third-order valence-corrected chi connectivity index (χ3v) is 2.53. The zero-order chi connectivity index (χ0) is 10.1. The molecule has 0 saturated heterocycles. The number of aromatic amines is 1. The minimum absolute atomic E-state index is 0.200. The molecule has 0 aliphatic carbocycles. The van der Waals surface area contributed by atoms with Crippen molar-refractivity contribution in [2.45, 2.75) is 6.92 Å². The number of nitrogens with zero attached hydrogens (tertiary/aromatic N) is 2. The Hall–Kier alpha value is -1.43. The van der Waals surface area contributed by atoms with Crippen LogP contribution < -0.4 is 5.76 Å². The van der Waals surface area contributed by atoms with Gasteiger partial charge in [-0.05, 0) is 34.5 Å². The summed E-state index contributed by atoms with van der Waals surface area (Å²) >= 11 is 3.32. The van der Waals surface area contributed by atoms with Gasteiger partial charge in [-0.25, -0.2) is 14.9 Å². The molecule has 0 unspecified atom stereocenters. The molecular weight excluding hydrogens is 250 g/mol. The molecule has 0 amide bonds. The van der Waals surface area contributed by atoms with Gasteiger partial charge in [-0.1, -0.05) is 0 Å². The molecule has 5 nitrogen and oxygen atoms in total. The van der Waals surface area contributed by atoms with Crippen molar-refractivity contribution in [1.82, 2.24) is 15.2 Å². The second-order valence-electron chi connectivity index (χ2n) is 2.74. The number of halogens is 1. The van der Waals surface area contributed by atoms with E-state index in [-0.39, 0.29) is 5.89 Å². The van der Waals surface area contributed by atoms with Gasteiger partial charge in [-0.3, -0.25) is 0 Å². The zero-order valence-corrected chi connectivity index (χ0v) is 8.83. The molecule has 2 aromatic rings.